The SMILES string of the molecule is CC(NCc1cc(Br)cs1)c1ccc2c(c1)OCCO2. The molecule has 3 nitrogen and oxygen atoms in total. The Labute approximate surface area is 131 Å². The summed E-state index contributed by atoms with van der Waals surface area (Å²) in [5.41, 5.74) is 1.21. The molecule has 5 heteroatoms. The van der Waals surface area contributed by atoms with Crippen LogP contribution < -0.4 is 14.8 Å². The number of nitrogens with one attached hydrogen (secondary N) is 1. The molecule has 106 valence electrons. The van der Waals surface area contributed by atoms with Crippen LogP contribution in [-0.4, -0.2) is 13.2 Å². The van der Waals surface area contributed by atoms with Gasteiger partial charge in [-0.3, -0.25) is 0 Å². The van der Waals surface area contributed by atoms with Gasteiger partial charge in [0.15, 0.2) is 11.5 Å². The van der Waals surface area contributed by atoms with Gasteiger partial charge in [0.1, 0.15) is 13.2 Å². The number of hydrogen-bond donors (Lipinski definition) is 1. The van der Waals surface area contributed by atoms with Crippen molar-refractivity contribution in [2.45, 2.75) is 19.5 Å². The highest BCUT2D eigenvalue weighted by Gasteiger charge is 2.14. The molecule has 0 amide bonds. The standard InChI is InChI=1S/C15H16BrNO2S/c1-10(17-8-13-7-12(16)9-20-13)11-2-3-14-15(6-11)19-5-4-18-14/h2-3,6-7,9-10,17H,4-5,8H2,1H3. The predicted molar refractivity (Wildman–Crippen MR) is 84.7 cm³/mol. The summed E-state index contributed by atoms with van der Waals surface area (Å²) >= 11 is 5.23. The van der Waals surface area contributed by atoms with Crippen LogP contribution in [0.1, 0.15) is 23.4 Å². The normalized spacial score (nSPS) is 15.1. The third-order valence-corrected chi connectivity index (χ3v) is 4.97. The van der Waals surface area contributed by atoms with Gasteiger partial charge in [0.2, 0.25) is 0 Å². The number of thiophene rings is 1. The fraction of sp³-hybridized carbons (Fsp3) is 0.333. The lowest BCUT2D eigenvalue weighted by Crippen LogP contribution is -2.19. The van der Waals surface area contributed by atoms with E-state index < -0.39 is 0 Å². The molecule has 1 aliphatic heterocycles. The summed E-state index contributed by atoms with van der Waals surface area (Å²) < 4.78 is 12.3. The second-order valence-corrected chi connectivity index (χ2v) is 6.65. The molecule has 0 bridgehead atoms. The zero-order valence-electron chi connectivity index (χ0n) is 11.2. The first kappa shape index (κ1) is 13.9. The van der Waals surface area contributed by atoms with Gasteiger partial charge in [0.05, 0.1) is 0 Å². The van der Waals surface area contributed by atoms with E-state index in [0.717, 1.165) is 22.5 Å². The van der Waals surface area contributed by atoms with E-state index in [4.69, 9.17) is 9.47 Å². The van der Waals surface area contributed by atoms with Gasteiger partial charge in [0, 0.05) is 27.3 Å². The molecule has 0 radical (unpaired) electrons. The van der Waals surface area contributed by atoms with E-state index in [0.29, 0.717) is 13.2 Å². The number of halogens is 1. The average molecular weight is 354 g/mol. The van der Waals surface area contributed by atoms with Crippen molar-refractivity contribution in [1.29, 1.82) is 0 Å². The Morgan fingerprint density at radius 2 is 2.05 bits per heavy atom. The van der Waals surface area contributed by atoms with Crippen LogP contribution in [0.5, 0.6) is 11.5 Å². The zero-order chi connectivity index (χ0) is 13.9. The fourth-order valence-corrected chi connectivity index (χ4v) is 3.55. The van der Waals surface area contributed by atoms with Crippen LogP contribution in [0.4, 0.5) is 0 Å². The molecule has 2 aromatic rings. The quantitative estimate of drug-likeness (QED) is 0.896. The van der Waals surface area contributed by atoms with E-state index >= 15 is 0 Å². The molecule has 0 aliphatic carbocycles. The summed E-state index contributed by atoms with van der Waals surface area (Å²) in [6.07, 6.45) is 0. The topological polar surface area (TPSA) is 30.5 Å². The van der Waals surface area contributed by atoms with Crippen molar-refractivity contribution >= 4 is 27.3 Å². The summed E-state index contributed by atoms with van der Waals surface area (Å²) in [6.45, 7) is 4.29. The van der Waals surface area contributed by atoms with Crippen molar-refractivity contribution in [3.63, 3.8) is 0 Å². The second kappa shape index (κ2) is 6.16. The third kappa shape index (κ3) is 3.16. The molecule has 1 aromatic heterocycles. The van der Waals surface area contributed by atoms with Gasteiger partial charge >= 0.3 is 0 Å². The smallest absolute Gasteiger partial charge is 0.161 e. The lowest BCUT2D eigenvalue weighted by atomic mass is 10.1. The molecule has 1 unspecified atom stereocenters. The lowest BCUT2D eigenvalue weighted by Gasteiger charge is -2.21. The molecule has 1 aliphatic rings. The molecule has 3 rings (SSSR count). The molecule has 0 saturated carbocycles. The van der Waals surface area contributed by atoms with E-state index in [1.54, 1.807) is 11.3 Å². The minimum absolute atomic E-state index is 0.270. The number of fused-ring (bicyclic) bond motifs is 1. The van der Waals surface area contributed by atoms with Crippen LogP contribution in [0, 0.1) is 0 Å². The highest BCUT2D eigenvalue weighted by atomic mass is 79.9. The Morgan fingerprint density at radius 3 is 2.80 bits per heavy atom. The van der Waals surface area contributed by atoms with Crippen molar-refractivity contribution in [2.24, 2.45) is 0 Å². The van der Waals surface area contributed by atoms with E-state index in [1.807, 2.05) is 6.07 Å². The van der Waals surface area contributed by atoms with Gasteiger partial charge in [-0.25, -0.2) is 0 Å². The molecule has 1 aromatic carbocycles. The Balaban J connectivity index is 1.66. The maximum absolute atomic E-state index is 5.62. The molecule has 20 heavy (non-hydrogen) atoms. The van der Waals surface area contributed by atoms with Crippen LogP contribution in [0.2, 0.25) is 0 Å². The van der Waals surface area contributed by atoms with Crippen LogP contribution in [0.15, 0.2) is 34.1 Å². The summed E-state index contributed by atoms with van der Waals surface area (Å²) in [6, 6.07) is 8.57. The highest BCUT2D eigenvalue weighted by Crippen LogP contribution is 2.32. The van der Waals surface area contributed by atoms with Gasteiger partial charge in [-0.1, -0.05) is 6.07 Å². The molecular weight excluding hydrogens is 338 g/mol. The first-order valence-corrected chi connectivity index (χ1v) is 8.25. The minimum Gasteiger partial charge on any atom is -0.486 e. The van der Waals surface area contributed by atoms with E-state index in [1.165, 1.54) is 10.4 Å². The lowest BCUT2D eigenvalue weighted by molar-refractivity contribution is 0.171. The first-order valence-electron chi connectivity index (χ1n) is 6.58. The molecular formula is C15H16BrNO2S. The van der Waals surface area contributed by atoms with Crippen LogP contribution in [-0.2, 0) is 6.54 Å². The van der Waals surface area contributed by atoms with E-state index in [9.17, 15) is 0 Å². The fourth-order valence-electron chi connectivity index (χ4n) is 2.15. The van der Waals surface area contributed by atoms with Gasteiger partial charge in [-0.2, -0.15) is 0 Å². The predicted octanol–water partition coefficient (Wildman–Crippen LogP) is 4.13. The Hall–Kier alpha value is -1.04. The molecule has 0 fully saturated rings. The zero-order valence-corrected chi connectivity index (χ0v) is 13.6. The van der Waals surface area contributed by atoms with E-state index in [-0.39, 0.29) is 6.04 Å². The van der Waals surface area contributed by atoms with Crippen molar-refractivity contribution < 1.29 is 9.47 Å². The average Bonchev–Trinajstić information content (AvgIpc) is 2.90. The monoisotopic (exact) mass is 353 g/mol. The van der Waals surface area contributed by atoms with Crippen LogP contribution in [0.25, 0.3) is 0 Å². The van der Waals surface area contributed by atoms with Crippen molar-refractivity contribution in [2.75, 3.05) is 13.2 Å². The maximum Gasteiger partial charge on any atom is 0.161 e. The molecule has 1 N–H and O–H groups in total. The number of hydrogen-bond acceptors (Lipinski definition) is 4. The summed E-state index contributed by atoms with van der Waals surface area (Å²) in [5, 5.41) is 5.63. The Kier molecular flexibility index (Phi) is 4.29. The van der Waals surface area contributed by atoms with E-state index in [2.05, 4.69) is 51.7 Å². The first-order chi connectivity index (χ1) is 9.72. The number of benzene rings is 1. The van der Waals surface area contributed by atoms with Crippen molar-refractivity contribution in [3.05, 3.63) is 44.6 Å². The summed E-state index contributed by atoms with van der Waals surface area (Å²) in [5.74, 6) is 1.69. The number of rotatable bonds is 4. The maximum atomic E-state index is 5.62. The van der Waals surface area contributed by atoms with Crippen molar-refractivity contribution in [3.8, 4) is 11.5 Å². The number of ether oxygens (including phenoxy) is 2. The summed E-state index contributed by atoms with van der Waals surface area (Å²) in [7, 11) is 0. The minimum atomic E-state index is 0.270. The molecule has 1 atom stereocenters. The highest BCUT2D eigenvalue weighted by molar-refractivity contribution is 9.10. The third-order valence-electron chi connectivity index (χ3n) is 3.27. The second-order valence-electron chi connectivity index (χ2n) is 4.74. The molecule has 0 saturated heterocycles. The largest absolute Gasteiger partial charge is 0.486 e. The van der Waals surface area contributed by atoms with Gasteiger partial charge < -0.3 is 14.8 Å². The van der Waals surface area contributed by atoms with Crippen LogP contribution in [0.3, 0.4) is 0 Å². The van der Waals surface area contributed by atoms with Crippen molar-refractivity contribution in [1.82, 2.24) is 5.32 Å². The van der Waals surface area contributed by atoms with Gasteiger partial charge in [-0.15, -0.1) is 11.3 Å². The van der Waals surface area contributed by atoms with Gasteiger partial charge in [0.25, 0.3) is 0 Å². The molecule has 0 spiro atoms. The summed E-state index contributed by atoms with van der Waals surface area (Å²) in [4.78, 5) is 1.32. The molecule has 2 heterocycles. The Morgan fingerprint density at radius 1 is 1.25 bits per heavy atom. The van der Waals surface area contributed by atoms with Crippen LogP contribution >= 0.6 is 27.3 Å². The Bertz CT molecular complexity index is 599. The van der Waals surface area contributed by atoms with Gasteiger partial charge in [-0.05, 0) is 46.6 Å².